The number of rotatable bonds is 14. The van der Waals surface area contributed by atoms with Crippen molar-refractivity contribution in [1.82, 2.24) is 10.6 Å². The first-order chi connectivity index (χ1) is 11.4. The Kier molecular flexibility index (Phi) is 12.9. The molecule has 0 aromatic carbocycles. The van der Waals surface area contributed by atoms with Gasteiger partial charge in [-0.3, -0.25) is 14.4 Å². The summed E-state index contributed by atoms with van der Waals surface area (Å²) in [4.78, 5) is 34.2. The molecule has 24 heavy (non-hydrogen) atoms. The fourth-order valence-electron chi connectivity index (χ4n) is 2.38. The molecule has 2 atom stereocenters. The van der Waals surface area contributed by atoms with Crippen LogP contribution in [0.2, 0.25) is 0 Å². The Bertz CT molecular complexity index is 385. The monoisotopic (exact) mass is 342 g/mol. The van der Waals surface area contributed by atoms with Gasteiger partial charge in [0.15, 0.2) is 0 Å². The van der Waals surface area contributed by atoms with Gasteiger partial charge in [0.05, 0.1) is 0 Å². The topological polar surface area (TPSA) is 95.5 Å². The molecule has 0 aliphatic heterocycles. The Morgan fingerprint density at radius 3 is 1.79 bits per heavy atom. The third-order valence-electron chi connectivity index (χ3n) is 4.01. The molecule has 0 saturated carbocycles. The van der Waals surface area contributed by atoms with Crippen molar-refractivity contribution in [3.8, 4) is 0 Å². The first-order valence-electron chi connectivity index (χ1n) is 9.21. The van der Waals surface area contributed by atoms with E-state index in [0.29, 0.717) is 6.42 Å². The number of carboxylic acids is 1. The van der Waals surface area contributed by atoms with Crippen LogP contribution in [0.5, 0.6) is 0 Å². The molecule has 0 aromatic heterocycles. The quantitative estimate of drug-likeness (QED) is 0.423. The van der Waals surface area contributed by atoms with E-state index in [1.54, 1.807) is 6.92 Å². The Labute approximate surface area is 145 Å². The van der Waals surface area contributed by atoms with Gasteiger partial charge in [-0.2, -0.15) is 0 Å². The fourth-order valence-corrected chi connectivity index (χ4v) is 2.38. The van der Waals surface area contributed by atoms with Crippen molar-refractivity contribution in [3.05, 3.63) is 0 Å². The molecule has 0 unspecified atom stereocenters. The van der Waals surface area contributed by atoms with E-state index in [-0.39, 0.29) is 5.91 Å². The summed E-state index contributed by atoms with van der Waals surface area (Å²) in [6, 6.07) is -1.69. The first kappa shape index (κ1) is 22.4. The molecule has 0 fully saturated rings. The van der Waals surface area contributed by atoms with Crippen molar-refractivity contribution in [1.29, 1.82) is 0 Å². The average molecular weight is 342 g/mol. The molecule has 6 nitrogen and oxygen atoms in total. The van der Waals surface area contributed by atoms with E-state index >= 15 is 0 Å². The molecular weight excluding hydrogens is 308 g/mol. The van der Waals surface area contributed by atoms with Crippen LogP contribution in [0.3, 0.4) is 0 Å². The van der Waals surface area contributed by atoms with Crippen molar-refractivity contribution in [2.24, 2.45) is 0 Å². The Balaban J connectivity index is 3.67. The summed E-state index contributed by atoms with van der Waals surface area (Å²) in [7, 11) is 0. The summed E-state index contributed by atoms with van der Waals surface area (Å²) < 4.78 is 0. The van der Waals surface area contributed by atoms with Gasteiger partial charge in [-0.25, -0.2) is 0 Å². The molecule has 140 valence electrons. The highest BCUT2D eigenvalue weighted by Gasteiger charge is 2.20. The minimum Gasteiger partial charge on any atom is -0.480 e. The molecule has 0 radical (unpaired) electrons. The summed E-state index contributed by atoms with van der Waals surface area (Å²) in [6.07, 6.45) is 11.1. The molecule has 3 N–H and O–H groups in total. The van der Waals surface area contributed by atoms with Crippen molar-refractivity contribution >= 4 is 17.8 Å². The van der Waals surface area contributed by atoms with Gasteiger partial charge in [0.2, 0.25) is 11.8 Å². The maximum absolute atomic E-state index is 11.8. The lowest BCUT2D eigenvalue weighted by atomic mass is 10.1. The molecule has 0 aromatic rings. The normalized spacial score (nSPS) is 13.1. The summed E-state index contributed by atoms with van der Waals surface area (Å²) in [5.41, 5.74) is 0. The lowest BCUT2D eigenvalue weighted by Gasteiger charge is -2.16. The van der Waals surface area contributed by atoms with Gasteiger partial charge in [0.1, 0.15) is 12.1 Å². The van der Waals surface area contributed by atoms with Crippen LogP contribution in [0.15, 0.2) is 0 Å². The Morgan fingerprint density at radius 2 is 1.29 bits per heavy atom. The first-order valence-corrected chi connectivity index (χ1v) is 9.21. The van der Waals surface area contributed by atoms with E-state index in [9.17, 15) is 14.4 Å². The van der Waals surface area contributed by atoms with Crippen molar-refractivity contribution < 1.29 is 19.5 Å². The van der Waals surface area contributed by atoms with Crippen LogP contribution in [-0.4, -0.2) is 35.0 Å². The third-order valence-corrected chi connectivity index (χ3v) is 4.01. The second-order valence-corrected chi connectivity index (χ2v) is 6.44. The third kappa shape index (κ3) is 11.9. The minimum absolute atomic E-state index is 0.163. The predicted octanol–water partition coefficient (Wildman–Crippen LogP) is 3.00. The van der Waals surface area contributed by atoms with Crippen molar-refractivity contribution in [2.45, 2.75) is 97.1 Å². The van der Waals surface area contributed by atoms with Gasteiger partial charge in [0.25, 0.3) is 0 Å². The smallest absolute Gasteiger partial charge is 0.325 e. The molecule has 0 aliphatic rings. The zero-order chi connectivity index (χ0) is 18.4. The molecule has 0 aliphatic carbocycles. The van der Waals surface area contributed by atoms with Gasteiger partial charge < -0.3 is 15.7 Å². The number of aliphatic carboxylic acids is 1. The second-order valence-electron chi connectivity index (χ2n) is 6.44. The largest absolute Gasteiger partial charge is 0.480 e. The summed E-state index contributed by atoms with van der Waals surface area (Å²) >= 11 is 0. The van der Waals surface area contributed by atoms with E-state index in [1.807, 2.05) is 0 Å². The highest BCUT2D eigenvalue weighted by atomic mass is 16.4. The summed E-state index contributed by atoms with van der Waals surface area (Å²) in [6.45, 7) is 5.15. The number of carboxylic acid groups (broad SMARTS) is 1. The van der Waals surface area contributed by atoms with Crippen LogP contribution in [0.1, 0.15) is 85.0 Å². The number of nitrogens with one attached hydrogen (secondary N) is 2. The SMILES string of the molecule is CCCCCCCCCCCC(=O)N[C@@H](C)C(=O)N[C@@H](C)C(=O)O. The lowest BCUT2D eigenvalue weighted by Crippen LogP contribution is -2.49. The van der Waals surface area contributed by atoms with Gasteiger partial charge in [-0.05, 0) is 20.3 Å². The van der Waals surface area contributed by atoms with E-state index in [1.165, 1.54) is 45.4 Å². The standard InChI is InChI=1S/C18H34N2O4/c1-4-5-6-7-8-9-10-11-12-13-16(21)19-14(2)17(22)20-15(3)18(23)24/h14-15H,4-13H2,1-3H3,(H,19,21)(H,20,22)(H,23,24)/t14-,15-/m0/s1. The highest BCUT2D eigenvalue weighted by Crippen LogP contribution is 2.10. The molecule has 0 spiro atoms. The van der Waals surface area contributed by atoms with Gasteiger partial charge in [-0.15, -0.1) is 0 Å². The van der Waals surface area contributed by atoms with Gasteiger partial charge >= 0.3 is 5.97 Å². The highest BCUT2D eigenvalue weighted by molar-refractivity contribution is 5.89. The molecule has 0 bridgehead atoms. The number of carbonyl (C=O) groups excluding carboxylic acids is 2. The second kappa shape index (κ2) is 13.8. The van der Waals surface area contributed by atoms with Gasteiger partial charge in [-0.1, -0.05) is 58.3 Å². The van der Waals surface area contributed by atoms with Crippen LogP contribution < -0.4 is 10.6 Å². The molecule has 6 heteroatoms. The number of hydrogen-bond donors (Lipinski definition) is 3. The summed E-state index contributed by atoms with van der Waals surface area (Å²) in [5, 5.41) is 13.7. The zero-order valence-corrected chi connectivity index (χ0v) is 15.4. The lowest BCUT2D eigenvalue weighted by molar-refractivity contribution is -0.141. The summed E-state index contributed by atoms with van der Waals surface area (Å²) in [5.74, 6) is -1.74. The molecule has 0 rings (SSSR count). The van der Waals surface area contributed by atoms with Crippen LogP contribution in [0.25, 0.3) is 0 Å². The predicted molar refractivity (Wildman–Crippen MR) is 94.7 cm³/mol. The average Bonchev–Trinajstić information content (AvgIpc) is 2.52. The number of amides is 2. The maximum atomic E-state index is 11.8. The molecular formula is C18H34N2O4. The minimum atomic E-state index is -1.10. The van der Waals surface area contributed by atoms with Crippen LogP contribution in [0.4, 0.5) is 0 Å². The molecule has 2 amide bonds. The Morgan fingerprint density at radius 1 is 0.792 bits per heavy atom. The zero-order valence-electron chi connectivity index (χ0n) is 15.4. The number of hydrogen-bond acceptors (Lipinski definition) is 3. The van der Waals surface area contributed by atoms with Gasteiger partial charge in [0, 0.05) is 6.42 Å². The maximum Gasteiger partial charge on any atom is 0.325 e. The van der Waals surface area contributed by atoms with Crippen LogP contribution in [0, 0.1) is 0 Å². The van der Waals surface area contributed by atoms with E-state index in [0.717, 1.165) is 19.3 Å². The van der Waals surface area contributed by atoms with E-state index in [4.69, 9.17) is 5.11 Å². The fraction of sp³-hybridized carbons (Fsp3) is 0.833. The van der Waals surface area contributed by atoms with Crippen LogP contribution >= 0.6 is 0 Å². The Hall–Kier alpha value is -1.59. The van der Waals surface area contributed by atoms with E-state index in [2.05, 4.69) is 17.6 Å². The van der Waals surface area contributed by atoms with E-state index < -0.39 is 24.0 Å². The number of unbranched alkanes of at least 4 members (excludes halogenated alkanes) is 8. The molecule has 0 heterocycles. The number of carbonyl (C=O) groups is 3. The van der Waals surface area contributed by atoms with Crippen molar-refractivity contribution in [3.63, 3.8) is 0 Å². The molecule has 0 saturated heterocycles. The van der Waals surface area contributed by atoms with Crippen LogP contribution in [-0.2, 0) is 14.4 Å². The van der Waals surface area contributed by atoms with Crippen molar-refractivity contribution in [2.75, 3.05) is 0 Å².